The summed E-state index contributed by atoms with van der Waals surface area (Å²) in [6.07, 6.45) is -6.68. The van der Waals surface area contributed by atoms with Crippen molar-refractivity contribution in [1.29, 1.82) is 0 Å². The van der Waals surface area contributed by atoms with E-state index in [4.69, 9.17) is 14.2 Å². The molecule has 0 spiro atoms. The number of hydrogen-bond donors (Lipinski definition) is 9. The fourth-order valence-corrected chi connectivity index (χ4v) is 5.39. The Morgan fingerprint density at radius 1 is 1.04 bits per heavy atom. The molecule has 2 aliphatic heterocycles. The van der Waals surface area contributed by atoms with E-state index >= 15 is 0 Å². The Balaban J connectivity index is 1.68. The van der Waals surface area contributed by atoms with E-state index in [1.54, 1.807) is 0 Å². The molecule has 3 rings (SSSR count). The molecule has 286 valence electrons. The lowest BCUT2D eigenvalue weighted by Gasteiger charge is -2.38. The number of anilines is 1. The van der Waals surface area contributed by atoms with Crippen molar-refractivity contribution in [2.24, 2.45) is 0 Å². The smallest absolute Gasteiger partial charge is 0.335 e. The van der Waals surface area contributed by atoms with E-state index in [1.165, 1.54) is 43.4 Å². The van der Waals surface area contributed by atoms with Gasteiger partial charge < -0.3 is 60.6 Å². The van der Waals surface area contributed by atoms with Gasteiger partial charge in [0.05, 0.1) is 5.69 Å². The minimum atomic E-state index is -4.80. The number of aliphatic carboxylic acids is 1. The highest BCUT2D eigenvalue weighted by Gasteiger charge is 2.48. The number of carbonyl (C=O) groups is 6. The highest BCUT2D eigenvalue weighted by atomic mass is 32.2. The summed E-state index contributed by atoms with van der Waals surface area (Å²) in [5.74, 6) is -6.99. The van der Waals surface area contributed by atoms with Crippen LogP contribution in [0.1, 0.15) is 25.3 Å². The molecule has 7 atom stereocenters. The molecule has 1 saturated heterocycles. The first kappa shape index (κ1) is 41.5. The maximum Gasteiger partial charge on any atom is 0.335 e. The summed E-state index contributed by atoms with van der Waals surface area (Å²) in [5.41, 5.74) is 0.318. The third-order valence-electron chi connectivity index (χ3n) is 7.30. The zero-order chi connectivity index (χ0) is 38.7. The van der Waals surface area contributed by atoms with E-state index in [2.05, 4.69) is 16.0 Å². The van der Waals surface area contributed by atoms with Crippen molar-refractivity contribution in [3.8, 4) is 5.75 Å². The number of carbonyl (C=O) groups excluding carboxylic acids is 5. The molecule has 21 nitrogen and oxygen atoms in total. The molecule has 1 fully saturated rings. The second-order valence-electron chi connectivity index (χ2n) is 11.3. The molecule has 0 aromatic heterocycles. The van der Waals surface area contributed by atoms with Crippen LogP contribution >= 0.6 is 0 Å². The first-order chi connectivity index (χ1) is 24.4. The Morgan fingerprint density at radius 2 is 1.75 bits per heavy atom. The largest absolute Gasteiger partial charge is 0.479 e. The zero-order valence-corrected chi connectivity index (χ0v) is 28.2. The van der Waals surface area contributed by atoms with Crippen LogP contribution in [0.2, 0.25) is 0 Å². The first-order valence-corrected chi connectivity index (χ1v) is 17.0. The Hall–Kier alpha value is -4.97. The molecular weight excluding hydrogens is 720 g/mol. The summed E-state index contributed by atoms with van der Waals surface area (Å²) >= 11 is 0. The molecular formula is C30H38N4O17S. The minimum Gasteiger partial charge on any atom is -0.479 e. The van der Waals surface area contributed by atoms with Crippen LogP contribution in [-0.4, -0.2) is 147 Å². The normalized spacial score (nSPS) is 23.6. The maximum absolute atomic E-state index is 12.9. The van der Waals surface area contributed by atoms with E-state index in [-0.39, 0.29) is 24.6 Å². The van der Waals surface area contributed by atoms with Crippen molar-refractivity contribution < 1.29 is 81.5 Å². The Labute approximate surface area is 295 Å². The molecule has 0 aliphatic carbocycles. The monoisotopic (exact) mass is 758 g/mol. The number of ether oxygens (including phenoxy) is 3. The van der Waals surface area contributed by atoms with Crippen molar-refractivity contribution in [2.45, 2.75) is 62.7 Å². The molecule has 0 bridgehead atoms. The van der Waals surface area contributed by atoms with Crippen LogP contribution in [0.4, 0.5) is 5.69 Å². The van der Waals surface area contributed by atoms with Gasteiger partial charge in [-0.2, -0.15) is 8.42 Å². The summed E-state index contributed by atoms with van der Waals surface area (Å²) in [5, 5.41) is 56.4. The second kappa shape index (κ2) is 18.5. The molecule has 1 aromatic carbocycles. The van der Waals surface area contributed by atoms with E-state index in [0.717, 1.165) is 11.0 Å². The Bertz CT molecular complexity index is 1680. The SMILES string of the molecule is CC(=O)OC/C=C/c1ccc(O[C@@H]2O[C@H](C(=O)O)[C@@H](O)[C@H](O)[C@H]2O)c(NC(=O)CCNC(=O)[C@H](CS(=O)(=O)O)NC(=O)CCN2C(=O)C=CC2O)c1. The molecule has 2 heterocycles. The van der Waals surface area contributed by atoms with E-state index < -0.39 is 114 Å². The third-order valence-corrected chi connectivity index (χ3v) is 8.05. The average Bonchev–Trinajstić information content (AvgIpc) is 3.38. The molecule has 2 aliphatic rings. The number of aliphatic hydroxyl groups excluding tert-OH is 4. The molecule has 1 unspecified atom stereocenters. The number of amides is 4. The van der Waals surface area contributed by atoms with Gasteiger partial charge in [0, 0.05) is 38.9 Å². The predicted molar refractivity (Wildman–Crippen MR) is 173 cm³/mol. The quantitative estimate of drug-likeness (QED) is 0.0549. The van der Waals surface area contributed by atoms with Gasteiger partial charge in [-0.15, -0.1) is 0 Å². The number of rotatable bonds is 17. The molecule has 0 saturated carbocycles. The number of aliphatic hydroxyl groups is 4. The predicted octanol–water partition coefficient (Wildman–Crippen LogP) is -3.54. The summed E-state index contributed by atoms with van der Waals surface area (Å²) < 4.78 is 47.9. The van der Waals surface area contributed by atoms with Gasteiger partial charge in [0.1, 0.15) is 48.7 Å². The third kappa shape index (κ3) is 12.4. The summed E-state index contributed by atoms with van der Waals surface area (Å²) in [6.45, 7) is 0.405. The van der Waals surface area contributed by atoms with Gasteiger partial charge in [-0.25, -0.2) is 4.79 Å². The Kier molecular flexibility index (Phi) is 14.7. The second-order valence-corrected chi connectivity index (χ2v) is 12.8. The topological polar surface area (TPSA) is 325 Å². The van der Waals surface area contributed by atoms with Crippen molar-refractivity contribution in [3.05, 3.63) is 42.0 Å². The van der Waals surface area contributed by atoms with Crippen molar-refractivity contribution in [3.63, 3.8) is 0 Å². The van der Waals surface area contributed by atoms with Crippen molar-refractivity contribution in [2.75, 3.05) is 30.8 Å². The number of hydrogen-bond acceptors (Lipinski definition) is 15. The molecule has 52 heavy (non-hydrogen) atoms. The summed E-state index contributed by atoms with van der Waals surface area (Å²) in [7, 11) is -4.80. The van der Waals surface area contributed by atoms with Crippen LogP contribution in [0.3, 0.4) is 0 Å². The van der Waals surface area contributed by atoms with Crippen LogP contribution in [0.15, 0.2) is 36.4 Å². The van der Waals surface area contributed by atoms with Crippen molar-refractivity contribution >= 4 is 57.4 Å². The standard InChI is InChI=1S/C30H38N4O17S/c1-15(35)49-12-2-3-16-4-5-19(50-30-26(42)24(40)25(41)27(51-30)29(44)45)17(13-16)32-20(36)8-10-31-28(43)18(14-52(46,47)48)33-21(37)9-11-34-22(38)6-7-23(34)39/h2-7,13,18,22,24-27,30,38,40-42H,8-12,14H2,1H3,(H,31,43)(H,32,36)(H,33,37)(H,44,45)(H,46,47,48)/b3-2+/t18-,22?,24-,25-,26+,27-,30+/m0/s1. The van der Waals surface area contributed by atoms with Crippen LogP contribution in [0, 0.1) is 0 Å². The van der Waals surface area contributed by atoms with Crippen LogP contribution in [0.25, 0.3) is 6.08 Å². The molecule has 22 heteroatoms. The highest BCUT2D eigenvalue weighted by Crippen LogP contribution is 2.31. The first-order valence-electron chi connectivity index (χ1n) is 15.4. The number of carboxylic acids is 1. The van der Waals surface area contributed by atoms with Gasteiger partial charge in [-0.1, -0.05) is 12.1 Å². The lowest BCUT2D eigenvalue weighted by molar-refractivity contribution is -0.271. The van der Waals surface area contributed by atoms with E-state index in [1.807, 2.05) is 0 Å². The van der Waals surface area contributed by atoms with Crippen LogP contribution in [-0.2, 0) is 48.4 Å². The van der Waals surface area contributed by atoms with Gasteiger partial charge in [0.2, 0.25) is 29.9 Å². The fourth-order valence-electron chi connectivity index (χ4n) is 4.73. The molecule has 1 aromatic rings. The molecule has 9 N–H and O–H groups in total. The zero-order valence-electron chi connectivity index (χ0n) is 27.4. The van der Waals surface area contributed by atoms with Gasteiger partial charge >= 0.3 is 11.9 Å². The lowest BCUT2D eigenvalue weighted by atomic mass is 9.99. The lowest BCUT2D eigenvalue weighted by Crippen LogP contribution is -2.61. The van der Waals surface area contributed by atoms with Gasteiger partial charge in [0.15, 0.2) is 6.10 Å². The van der Waals surface area contributed by atoms with Crippen molar-refractivity contribution in [1.82, 2.24) is 15.5 Å². The summed E-state index contributed by atoms with van der Waals surface area (Å²) in [6, 6.07) is 2.28. The van der Waals surface area contributed by atoms with E-state index in [9.17, 15) is 67.3 Å². The van der Waals surface area contributed by atoms with Gasteiger partial charge in [-0.05, 0) is 29.8 Å². The number of benzene rings is 1. The van der Waals surface area contributed by atoms with E-state index in [0.29, 0.717) is 5.56 Å². The van der Waals surface area contributed by atoms with Gasteiger partial charge in [0.25, 0.3) is 10.1 Å². The van der Waals surface area contributed by atoms with Gasteiger partial charge in [-0.3, -0.25) is 28.5 Å². The molecule has 4 amide bonds. The Morgan fingerprint density at radius 3 is 2.37 bits per heavy atom. The maximum atomic E-state index is 12.9. The van der Waals surface area contributed by atoms with Crippen LogP contribution in [0.5, 0.6) is 5.75 Å². The number of nitrogens with zero attached hydrogens (tertiary/aromatic N) is 1. The minimum absolute atomic E-state index is 0.0916. The number of carboxylic acid groups (broad SMARTS) is 1. The highest BCUT2D eigenvalue weighted by molar-refractivity contribution is 7.85. The number of esters is 1. The average molecular weight is 759 g/mol. The number of nitrogens with one attached hydrogen (secondary N) is 3. The summed E-state index contributed by atoms with van der Waals surface area (Å²) in [4.78, 5) is 73.4. The fraction of sp³-hybridized carbons (Fsp3) is 0.467. The van der Waals surface area contributed by atoms with Crippen LogP contribution < -0.4 is 20.7 Å². The molecule has 0 radical (unpaired) electrons.